The third-order valence-electron chi connectivity index (χ3n) is 4.69. The molecular weight excluding hydrogens is 416 g/mol. The number of aromatic nitrogens is 4. The molecule has 1 amide bonds. The van der Waals surface area contributed by atoms with Crippen LogP contribution < -0.4 is 5.32 Å². The van der Waals surface area contributed by atoms with E-state index in [0.29, 0.717) is 25.1 Å². The van der Waals surface area contributed by atoms with Crippen molar-refractivity contribution >= 4 is 33.3 Å². The van der Waals surface area contributed by atoms with E-state index in [1.165, 1.54) is 4.31 Å². The fourth-order valence-electron chi connectivity index (χ4n) is 3.36. The van der Waals surface area contributed by atoms with Gasteiger partial charge in [0.25, 0.3) is 15.9 Å². The molecule has 3 aromatic rings. The summed E-state index contributed by atoms with van der Waals surface area (Å²) in [6.45, 7) is 2.13. The zero-order chi connectivity index (χ0) is 20.6. The molecule has 1 N–H and O–H groups in total. The molecule has 154 valence electrons. The molecule has 0 aliphatic carbocycles. The average molecular weight is 437 g/mol. The zero-order valence-corrected chi connectivity index (χ0v) is 17.5. The van der Waals surface area contributed by atoms with Crippen molar-refractivity contribution < 1.29 is 17.6 Å². The first-order chi connectivity index (χ1) is 13.9. The second-order valence-corrected chi connectivity index (χ2v) is 9.82. The minimum atomic E-state index is -3.73. The summed E-state index contributed by atoms with van der Waals surface area (Å²) in [7, 11) is -1.98. The Kier molecular flexibility index (Phi) is 5.23. The lowest BCUT2D eigenvalue weighted by atomic mass is 10.0. The highest BCUT2D eigenvalue weighted by Crippen LogP contribution is 2.29. The third kappa shape index (κ3) is 3.82. The Morgan fingerprint density at radius 1 is 1.34 bits per heavy atom. The van der Waals surface area contributed by atoms with Gasteiger partial charge in [-0.05, 0) is 37.3 Å². The van der Waals surface area contributed by atoms with Crippen LogP contribution in [-0.4, -0.2) is 51.2 Å². The maximum atomic E-state index is 12.9. The standard InChI is InChI=1S/C17H20N6O4S2/c1-11-10-13(22(2)21-11)16-19-20-17(27-16)18-15(24)12-6-3-4-8-23(12)29(25,26)14-7-5-9-28-14/h5,7,9-10,12H,3-4,6,8H2,1-2H3,(H,18,20,24). The van der Waals surface area contributed by atoms with Crippen LogP contribution in [0.25, 0.3) is 11.6 Å². The van der Waals surface area contributed by atoms with Crippen LogP contribution in [-0.2, 0) is 21.9 Å². The molecule has 10 nitrogen and oxygen atoms in total. The Hall–Kier alpha value is -2.57. The van der Waals surface area contributed by atoms with E-state index in [0.717, 1.165) is 23.5 Å². The number of carbonyl (C=O) groups is 1. The molecule has 29 heavy (non-hydrogen) atoms. The van der Waals surface area contributed by atoms with Gasteiger partial charge in [0.15, 0.2) is 0 Å². The van der Waals surface area contributed by atoms with E-state index in [2.05, 4.69) is 20.6 Å². The number of hydrogen-bond acceptors (Lipinski definition) is 8. The number of aryl methyl sites for hydroxylation is 2. The van der Waals surface area contributed by atoms with Gasteiger partial charge in [0.05, 0.1) is 5.69 Å². The second-order valence-electron chi connectivity index (χ2n) is 6.76. The van der Waals surface area contributed by atoms with Gasteiger partial charge in [-0.1, -0.05) is 17.6 Å². The lowest BCUT2D eigenvalue weighted by Gasteiger charge is -2.32. The quantitative estimate of drug-likeness (QED) is 0.649. The predicted octanol–water partition coefficient (Wildman–Crippen LogP) is 2.02. The van der Waals surface area contributed by atoms with Crippen LogP contribution in [0.15, 0.2) is 32.2 Å². The van der Waals surface area contributed by atoms with Crippen molar-refractivity contribution in [2.75, 3.05) is 11.9 Å². The molecular formula is C17H20N6O4S2. The van der Waals surface area contributed by atoms with Crippen molar-refractivity contribution in [2.24, 2.45) is 7.05 Å². The number of piperidine rings is 1. The molecule has 1 aliphatic rings. The summed E-state index contributed by atoms with van der Waals surface area (Å²) in [6, 6.07) is 4.10. The van der Waals surface area contributed by atoms with E-state index in [1.807, 2.05) is 6.92 Å². The van der Waals surface area contributed by atoms with Crippen molar-refractivity contribution in [3.8, 4) is 11.6 Å². The number of hydrogen-bond donors (Lipinski definition) is 1. The van der Waals surface area contributed by atoms with Crippen LogP contribution in [0, 0.1) is 6.92 Å². The van der Waals surface area contributed by atoms with Crippen molar-refractivity contribution in [3.63, 3.8) is 0 Å². The maximum Gasteiger partial charge on any atom is 0.322 e. The maximum absolute atomic E-state index is 12.9. The summed E-state index contributed by atoms with van der Waals surface area (Å²) in [5.74, 6) is -0.267. The third-order valence-corrected chi connectivity index (χ3v) is 7.97. The summed E-state index contributed by atoms with van der Waals surface area (Å²) in [5.41, 5.74) is 1.41. The topological polar surface area (TPSA) is 123 Å². The first-order valence-electron chi connectivity index (χ1n) is 9.07. The monoisotopic (exact) mass is 436 g/mol. The number of carbonyl (C=O) groups excluding carboxylic acids is 1. The second kappa shape index (κ2) is 7.69. The highest BCUT2D eigenvalue weighted by Gasteiger charge is 2.38. The van der Waals surface area contributed by atoms with Crippen LogP contribution in [0.3, 0.4) is 0 Å². The largest absolute Gasteiger partial charge is 0.401 e. The lowest BCUT2D eigenvalue weighted by Crippen LogP contribution is -2.49. The molecule has 1 unspecified atom stereocenters. The van der Waals surface area contributed by atoms with Crippen molar-refractivity contribution in [1.82, 2.24) is 24.3 Å². The van der Waals surface area contributed by atoms with E-state index in [-0.39, 0.29) is 16.1 Å². The van der Waals surface area contributed by atoms with E-state index in [4.69, 9.17) is 4.42 Å². The van der Waals surface area contributed by atoms with Gasteiger partial charge in [-0.15, -0.1) is 16.4 Å². The molecule has 1 atom stereocenters. The average Bonchev–Trinajstić information content (AvgIpc) is 3.43. The molecule has 12 heteroatoms. The molecule has 1 saturated heterocycles. The van der Waals surface area contributed by atoms with Crippen LogP contribution in [0.1, 0.15) is 25.0 Å². The Morgan fingerprint density at radius 3 is 2.86 bits per heavy atom. The van der Waals surface area contributed by atoms with E-state index in [9.17, 15) is 13.2 Å². The number of thiophene rings is 1. The van der Waals surface area contributed by atoms with Gasteiger partial charge >= 0.3 is 6.01 Å². The summed E-state index contributed by atoms with van der Waals surface area (Å²) in [6.07, 6.45) is 1.90. The van der Waals surface area contributed by atoms with Gasteiger partial charge in [-0.2, -0.15) is 9.40 Å². The van der Waals surface area contributed by atoms with Crippen molar-refractivity contribution in [3.05, 3.63) is 29.3 Å². The smallest absolute Gasteiger partial charge is 0.322 e. The number of nitrogens with zero attached hydrogens (tertiary/aromatic N) is 5. The highest BCUT2D eigenvalue weighted by atomic mass is 32.2. The van der Waals surface area contributed by atoms with E-state index < -0.39 is 22.0 Å². The van der Waals surface area contributed by atoms with E-state index >= 15 is 0 Å². The SMILES string of the molecule is Cc1cc(-c2nnc(NC(=O)C3CCCCN3S(=O)(=O)c3cccs3)o2)n(C)n1. The molecule has 4 rings (SSSR count). The number of sulfonamides is 1. The number of nitrogens with one attached hydrogen (secondary N) is 1. The summed E-state index contributed by atoms with van der Waals surface area (Å²) >= 11 is 1.14. The lowest BCUT2D eigenvalue weighted by molar-refractivity contribution is -0.120. The summed E-state index contributed by atoms with van der Waals surface area (Å²) in [4.78, 5) is 12.9. The van der Waals surface area contributed by atoms with Crippen LogP contribution in [0.5, 0.6) is 0 Å². The number of amides is 1. The fourth-order valence-corrected chi connectivity index (χ4v) is 6.13. The van der Waals surface area contributed by atoms with Crippen LogP contribution in [0.2, 0.25) is 0 Å². The normalized spacial score (nSPS) is 18.1. The summed E-state index contributed by atoms with van der Waals surface area (Å²) in [5, 5.41) is 16.3. The summed E-state index contributed by atoms with van der Waals surface area (Å²) < 4.78 is 34.5. The predicted molar refractivity (Wildman–Crippen MR) is 106 cm³/mol. The number of anilines is 1. The Balaban J connectivity index is 1.53. The minimum Gasteiger partial charge on any atom is -0.401 e. The van der Waals surface area contributed by atoms with Gasteiger partial charge in [0, 0.05) is 13.6 Å². The fraction of sp³-hybridized carbons (Fsp3) is 0.412. The number of rotatable bonds is 5. The highest BCUT2D eigenvalue weighted by molar-refractivity contribution is 7.91. The molecule has 1 fully saturated rings. The molecule has 0 bridgehead atoms. The Bertz CT molecular complexity index is 1120. The van der Waals surface area contributed by atoms with E-state index in [1.54, 1.807) is 35.3 Å². The molecule has 0 saturated carbocycles. The van der Waals surface area contributed by atoms with Gasteiger partial charge in [0.1, 0.15) is 15.9 Å². The Labute approximate surface area is 171 Å². The van der Waals surface area contributed by atoms with Crippen LogP contribution >= 0.6 is 11.3 Å². The van der Waals surface area contributed by atoms with Crippen molar-refractivity contribution in [2.45, 2.75) is 36.4 Å². The molecule has 0 spiro atoms. The van der Waals surface area contributed by atoms with Gasteiger partial charge in [-0.3, -0.25) is 14.8 Å². The molecule has 4 heterocycles. The molecule has 0 aromatic carbocycles. The first kappa shape index (κ1) is 19.7. The zero-order valence-electron chi connectivity index (χ0n) is 15.9. The first-order valence-corrected chi connectivity index (χ1v) is 11.4. The van der Waals surface area contributed by atoms with Crippen LogP contribution in [0.4, 0.5) is 6.01 Å². The van der Waals surface area contributed by atoms with Crippen molar-refractivity contribution in [1.29, 1.82) is 0 Å². The molecule has 0 radical (unpaired) electrons. The Morgan fingerprint density at radius 2 is 2.17 bits per heavy atom. The molecule has 1 aliphatic heterocycles. The van der Waals surface area contributed by atoms with Gasteiger partial charge in [0.2, 0.25) is 5.91 Å². The van der Waals surface area contributed by atoms with Gasteiger partial charge < -0.3 is 4.42 Å². The van der Waals surface area contributed by atoms with Gasteiger partial charge in [-0.25, -0.2) is 8.42 Å². The minimum absolute atomic E-state index is 0.0806. The molecule has 3 aromatic heterocycles.